The van der Waals surface area contributed by atoms with Gasteiger partial charge in [0, 0.05) is 30.4 Å². The number of anilines is 1. The molecule has 1 saturated carbocycles. The molecule has 3 N–H and O–H groups in total. The van der Waals surface area contributed by atoms with Gasteiger partial charge >= 0.3 is 12.1 Å². The molecule has 3 aromatic rings. The second-order valence-electron chi connectivity index (χ2n) is 12.7. The number of hydrogen-bond acceptors (Lipinski definition) is 5. The number of H-pyrrole nitrogens is 1. The van der Waals surface area contributed by atoms with Gasteiger partial charge in [0.2, 0.25) is 0 Å². The lowest BCUT2D eigenvalue weighted by atomic mass is 9.98. The topological polar surface area (TPSA) is 113 Å². The van der Waals surface area contributed by atoms with Gasteiger partial charge in [-0.3, -0.25) is 4.79 Å². The van der Waals surface area contributed by atoms with Crippen LogP contribution in [0.15, 0.2) is 35.1 Å². The van der Waals surface area contributed by atoms with Crippen LogP contribution in [0.25, 0.3) is 22.0 Å². The van der Waals surface area contributed by atoms with Gasteiger partial charge < -0.3 is 30.0 Å². The molecular weight excluding hydrogens is 568 g/mol. The standard InChI is InChI=1S/C33H41ClN4O5/c1-19-14-20(2)16-21(15-19)28-29(42-13-11-23-8-6-7-12-38(23)32(41)43-33(3,4)5)24-17-27(37-31(40)35-22-9-10-22)25(34)18-26(24)36-30(28)39/h14-18,22-23H,6-13H2,1-5H3,(H,36,39)(H2,35,37,40)/t23-/m0/s1. The first-order valence-electron chi connectivity index (χ1n) is 15.1. The monoisotopic (exact) mass is 608 g/mol. The quantitative estimate of drug-likeness (QED) is 0.260. The number of halogens is 1. The maximum absolute atomic E-state index is 13.6. The number of likely N-dealkylation sites (tertiary alicyclic amines) is 1. The van der Waals surface area contributed by atoms with Gasteiger partial charge in [-0.25, -0.2) is 9.59 Å². The van der Waals surface area contributed by atoms with Gasteiger partial charge in [0.25, 0.3) is 5.56 Å². The lowest BCUT2D eigenvalue weighted by Crippen LogP contribution is -2.46. The summed E-state index contributed by atoms with van der Waals surface area (Å²) in [5, 5.41) is 6.68. The predicted octanol–water partition coefficient (Wildman–Crippen LogP) is 7.31. The van der Waals surface area contributed by atoms with Gasteiger partial charge in [-0.05, 0) is 84.4 Å². The molecule has 1 aliphatic carbocycles. The van der Waals surface area contributed by atoms with Crippen LogP contribution in [-0.4, -0.2) is 52.8 Å². The van der Waals surface area contributed by atoms with E-state index in [0.29, 0.717) is 45.9 Å². The lowest BCUT2D eigenvalue weighted by Gasteiger charge is -2.36. The molecule has 0 spiro atoms. The third-order valence-electron chi connectivity index (χ3n) is 7.68. The van der Waals surface area contributed by atoms with Gasteiger partial charge in [-0.15, -0.1) is 0 Å². The van der Waals surface area contributed by atoms with E-state index in [0.717, 1.165) is 48.8 Å². The molecule has 5 rings (SSSR count). The summed E-state index contributed by atoms with van der Waals surface area (Å²) in [5.41, 5.74) is 3.21. The molecule has 2 heterocycles. The molecule has 2 aliphatic rings. The molecular formula is C33H41ClN4O5. The lowest BCUT2D eigenvalue weighted by molar-refractivity contribution is 0.00745. The van der Waals surface area contributed by atoms with Crippen molar-refractivity contribution in [1.29, 1.82) is 0 Å². The number of amides is 3. The van der Waals surface area contributed by atoms with E-state index >= 15 is 0 Å². The van der Waals surface area contributed by atoms with Gasteiger partial charge in [0.15, 0.2) is 0 Å². The van der Waals surface area contributed by atoms with Crippen LogP contribution in [0.2, 0.25) is 5.02 Å². The van der Waals surface area contributed by atoms with E-state index in [1.54, 1.807) is 17.0 Å². The maximum Gasteiger partial charge on any atom is 0.410 e. The Labute approximate surface area is 257 Å². The highest BCUT2D eigenvalue weighted by Crippen LogP contribution is 2.38. The van der Waals surface area contributed by atoms with Crippen LogP contribution in [-0.2, 0) is 4.74 Å². The number of piperidine rings is 1. The third-order valence-corrected chi connectivity index (χ3v) is 7.99. The highest BCUT2D eigenvalue weighted by atomic mass is 35.5. The minimum atomic E-state index is -0.580. The molecule has 0 bridgehead atoms. The van der Waals surface area contributed by atoms with Crippen molar-refractivity contribution in [2.24, 2.45) is 0 Å². The Morgan fingerprint density at radius 1 is 1.05 bits per heavy atom. The number of aryl methyl sites for hydroxylation is 2. The SMILES string of the molecule is Cc1cc(C)cc(-c2c(OCC[C@@H]3CCCCN3C(=O)OC(C)(C)C)c3cc(NC(=O)NC4CC4)c(Cl)cc3[nH]c2=O)c1. The van der Waals surface area contributed by atoms with Crippen molar-refractivity contribution in [3.05, 3.63) is 56.8 Å². The maximum atomic E-state index is 13.6. The van der Waals surface area contributed by atoms with Crippen molar-refractivity contribution >= 4 is 40.3 Å². The molecule has 1 atom stereocenters. The van der Waals surface area contributed by atoms with Gasteiger partial charge in [0.1, 0.15) is 11.4 Å². The zero-order valence-electron chi connectivity index (χ0n) is 25.6. The number of nitrogens with zero attached hydrogens (tertiary/aromatic N) is 1. The Hall–Kier alpha value is -3.72. The summed E-state index contributed by atoms with van der Waals surface area (Å²) >= 11 is 6.55. The van der Waals surface area contributed by atoms with E-state index in [2.05, 4.69) is 15.6 Å². The number of carbonyl (C=O) groups excluding carboxylic acids is 2. The summed E-state index contributed by atoms with van der Waals surface area (Å²) in [4.78, 5) is 43.9. The van der Waals surface area contributed by atoms with Crippen LogP contribution >= 0.6 is 11.6 Å². The van der Waals surface area contributed by atoms with Crippen molar-refractivity contribution < 1.29 is 19.1 Å². The summed E-state index contributed by atoms with van der Waals surface area (Å²) < 4.78 is 12.2. The minimum Gasteiger partial charge on any atom is -0.492 e. The number of fused-ring (bicyclic) bond motifs is 1. The molecule has 2 aromatic carbocycles. The van der Waals surface area contributed by atoms with Crippen LogP contribution in [0.3, 0.4) is 0 Å². The first-order valence-corrected chi connectivity index (χ1v) is 15.4. The first kappa shape index (κ1) is 30.7. The number of hydrogen-bond donors (Lipinski definition) is 3. The first-order chi connectivity index (χ1) is 20.4. The zero-order chi connectivity index (χ0) is 30.9. The Morgan fingerprint density at radius 3 is 2.44 bits per heavy atom. The van der Waals surface area contributed by atoms with Crippen LogP contribution in [0, 0.1) is 13.8 Å². The number of aromatic nitrogens is 1. The molecule has 2 fully saturated rings. The summed E-state index contributed by atoms with van der Waals surface area (Å²) in [6.07, 6.45) is 4.97. The summed E-state index contributed by atoms with van der Waals surface area (Å²) in [5.74, 6) is 0.408. The minimum absolute atomic E-state index is 0.0423. The van der Waals surface area contributed by atoms with Crippen LogP contribution in [0.5, 0.6) is 5.75 Å². The Kier molecular flexibility index (Phi) is 8.92. The van der Waals surface area contributed by atoms with Gasteiger partial charge in [0.05, 0.1) is 28.4 Å². The molecule has 1 saturated heterocycles. The van der Waals surface area contributed by atoms with Crippen molar-refractivity contribution in [2.75, 3.05) is 18.5 Å². The molecule has 9 nitrogen and oxygen atoms in total. The predicted molar refractivity (Wildman–Crippen MR) is 170 cm³/mol. The average molecular weight is 609 g/mol. The second-order valence-corrected chi connectivity index (χ2v) is 13.2. The van der Waals surface area contributed by atoms with E-state index in [9.17, 15) is 14.4 Å². The van der Waals surface area contributed by atoms with E-state index < -0.39 is 5.60 Å². The van der Waals surface area contributed by atoms with Crippen LogP contribution < -0.4 is 20.9 Å². The third kappa shape index (κ3) is 7.63. The number of ether oxygens (including phenoxy) is 2. The highest BCUT2D eigenvalue weighted by Gasteiger charge is 2.31. The molecule has 1 aliphatic heterocycles. The molecule has 1 aromatic heterocycles. The number of rotatable bonds is 7. The average Bonchev–Trinajstić information content (AvgIpc) is 3.72. The van der Waals surface area contributed by atoms with Gasteiger partial charge in [-0.2, -0.15) is 0 Å². The number of urea groups is 1. The number of nitrogens with one attached hydrogen (secondary N) is 3. The van der Waals surface area contributed by atoms with E-state index in [1.807, 2.05) is 52.8 Å². The number of pyridine rings is 1. The van der Waals surface area contributed by atoms with Crippen molar-refractivity contribution in [3.63, 3.8) is 0 Å². The largest absolute Gasteiger partial charge is 0.492 e. The Balaban J connectivity index is 1.50. The number of carbonyl (C=O) groups is 2. The van der Waals surface area contributed by atoms with E-state index in [4.69, 9.17) is 21.1 Å². The van der Waals surface area contributed by atoms with Crippen molar-refractivity contribution in [3.8, 4) is 16.9 Å². The highest BCUT2D eigenvalue weighted by molar-refractivity contribution is 6.34. The summed E-state index contributed by atoms with van der Waals surface area (Å²) in [6, 6.07) is 9.16. The second kappa shape index (κ2) is 12.5. The van der Waals surface area contributed by atoms with E-state index in [-0.39, 0.29) is 36.4 Å². The molecule has 230 valence electrons. The van der Waals surface area contributed by atoms with Crippen LogP contribution in [0.1, 0.15) is 70.4 Å². The van der Waals surface area contributed by atoms with Crippen molar-refractivity contribution in [2.45, 2.75) is 90.8 Å². The fraction of sp³-hybridized carbons (Fsp3) is 0.485. The molecule has 0 unspecified atom stereocenters. The van der Waals surface area contributed by atoms with E-state index in [1.165, 1.54) is 0 Å². The zero-order valence-corrected chi connectivity index (χ0v) is 26.3. The molecule has 3 amide bonds. The molecule has 43 heavy (non-hydrogen) atoms. The number of benzene rings is 2. The summed E-state index contributed by atoms with van der Waals surface area (Å²) in [6.45, 7) is 10.5. The molecule has 0 radical (unpaired) electrons. The van der Waals surface area contributed by atoms with Crippen LogP contribution in [0.4, 0.5) is 15.3 Å². The fourth-order valence-electron chi connectivity index (χ4n) is 5.64. The fourth-order valence-corrected chi connectivity index (χ4v) is 5.86. The van der Waals surface area contributed by atoms with Crippen molar-refractivity contribution in [1.82, 2.24) is 15.2 Å². The smallest absolute Gasteiger partial charge is 0.410 e. The Bertz CT molecular complexity index is 1570. The molecule has 10 heteroatoms. The van der Waals surface area contributed by atoms with Gasteiger partial charge in [-0.1, -0.05) is 40.9 Å². The summed E-state index contributed by atoms with van der Waals surface area (Å²) in [7, 11) is 0. The Morgan fingerprint density at radius 2 is 1.77 bits per heavy atom. The number of aromatic amines is 1. The normalized spacial score (nSPS) is 17.1.